The number of nitrogens with zero attached hydrogens (tertiary/aromatic N) is 1. The Morgan fingerprint density at radius 1 is 1.47 bits per heavy atom. The van der Waals surface area contributed by atoms with Crippen LogP contribution in [0.3, 0.4) is 0 Å². The Hall–Kier alpha value is -1.47. The van der Waals surface area contributed by atoms with Crippen molar-refractivity contribution in [2.24, 2.45) is 0 Å². The summed E-state index contributed by atoms with van der Waals surface area (Å²) >= 11 is 3.02. The summed E-state index contributed by atoms with van der Waals surface area (Å²) in [7, 11) is 0. The van der Waals surface area contributed by atoms with Crippen molar-refractivity contribution in [2.45, 2.75) is 6.04 Å². The van der Waals surface area contributed by atoms with Gasteiger partial charge >= 0.3 is 5.97 Å². The lowest BCUT2D eigenvalue weighted by Crippen LogP contribution is -2.57. The van der Waals surface area contributed by atoms with Gasteiger partial charge in [-0.05, 0) is 28.1 Å². The van der Waals surface area contributed by atoms with E-state index in [1.807, 2.05) is 0 Å². The average Bonchev–Trinajstić information content (AvgIpc) is 2.41. The summed E-state index contributed by atoms with van der Waals surface area (Å²) in [5, 5.41) is 12.0. The summed E-state index contributed by atoms with van der Waals surface area (Å²) in [6, 6.07) is 3.19. The van der Waals surface area contributed by atoms with Crippen LogP contribution in [0.25, 0.3) is 0 Å². The van der Waals surface area contributed by atoms with Crippen molar-refractivity contribution in [1.82, 2.24) is 10.2 Å². The van der Waals surface area contributed by atoms with Crippen molar-refractivity contribution >= 4 is 27.8 Å². The van der Waals surface area contributed by atoms with Gasteiger partial charge in [0.15, 0.2) is 0 Å². The number of carboxylic acids is 1. The first-order chi connectivity index (χ1) is 9.02. The minimum Gasteiger partial charge on any atom is -0.480 e. The molecular formula is C12H12BrFN2O3. The van der Waals surface area contributed by atoms with E-state index in [0.717, 1.165) is 0 Å². The predicted molar refractivity (Wildman–Crippen MR) is 69.4 cm³/mol. The number of halogens is 2. The van der Waals surface area contributed by atoms with Crippen LogP contribution < -0.4 is 5.32 Å². The van der Waals surface area contributed by atoms with Crippen LogP contribution in [0.15, 0.2) is 22.7 Å². The molecule has 1 amide bonds. The Morgan fingerprint density at radius 2 is 2.21 bits per heavy atom. The number of piperazine rings is 1. The van der Waals surface area contributed by atoms with Crippen LogP contribution in [0.2, 0.25) is 0 Å². The van der Waals surface area contributed by atoms with Gasteiger partial charge in [-0.15, -0.1) is 0 Å². The third-order valence-corrected chi connectivity index (χ3v) is 3.78. The lowest BCUT2D eigenvalue weighted by Gasteiger charge is -2.33. The molecule has 1 aromatic rings. The van der Waals surface area contributed by atoms with Crippen molar-refractivity contribution in [1.29, 1.82) is 0 Å². The molecule has 19 heavy (non-hydrogen) atoms. The highest BCUT2D eigenvalue weighted by molar-refractivity contribution is 9.10. The van der Waals surface area contributed by atoms with Gasteiger partial charge in [0, 0.05) is 19.6 Å². The van der Waals surface area contributed by atoms with E-state index in [-0.39, 0.29) is 23.1 Å². The van der Waals surface area contributed by atoms with Crippen molar-refractivity contribution in [3.8, 4) is 0 Å². The van der Waals surface area contributed by atoms with Gasteiger partial charge in [-0.3, -0.25) is 4.79 Å². The first-order valence-corrected chi connectivity index (χ1v) is 6.50. The van der Waals surface area contributed by atoms with Crippen LogP contribution in [-0.4, -0.2) is 47.6 Å². The summed E-state index contributed by atoms with van der Waals surface area (Å²) in [5.74, 6) is -2.11. The number of rotatable bonds is 2. The third-order valence-electron chi connectivity index (χ3n) is 2.97. The number of hydrogen-bond donors (Lipinski definition) is 2. The second-order valence-electron chi connectivity index (χ2n) is 4.16. The van der Waals surface area contributed by atoms with Gasteiger partial charge in [-0.1, -0.05) is 6.07 Å². The maximum atomic E-state index is 13.4. The standard InChI is InChI=1S/C12H12BrFN2O3/c13-10-7(2-1-3-8(10)14)11(17)16-5-4-15-6-9(16)12(18)19/h1-3,9,15H,4-6H2,(H,18,19). The molecule has 0 aromatic heterocycles. The van der Waals surface area contributed by atoms with E-state index < -0.39 is 23.7 Å². The van der Waals surface area contributed by atoms with E-state index in [1.165, 1.54) is 23.1 Å². The molecule has 1 heterocycles. The minimum atomic E-state index is -1.08. The summed E-state index contributed by atoms with van der Waals surface area (Å²) in [6.45, 7) is 0.981. The molecule has 0 spiro atoms. The SMILES string of the molecule is O=C(O)C1CNCCN1C(=O)c1cccc(F)c1Br. The first-order valence-electron chi connectivity index (χ1n) is 5.71. The van der Waals surface area contributed by atoms with Crippen LogP contribution in [0.5, 0.6) is 0 Å². The van der Waals surface area contributed by atoms with E-state index >= 15 is 0 Å². The van der Waals surface area contributed by atoms with Crippen LogP contribution in [0.1, 0.15) is 10.4 Å². The molecule has 1 aliphatic rings. The first kappa shape index (κ1) is 14.0. The molecule has 1 aliphatic heterocycles. The number of carbonyl (C=O) groups is 2. The van der Waals surface area contributed by atoms with Crippen LogP contribution in [0.4, 0.5) is 4.39 Å². The van der Waals surface area contributed by atoms with Crippen molar-refractivity contribution in [3.63, 3.8) is 0 Å². The van der Waals surface area contributed by atoms with E-state index in [0.29, 0.717) is 6.54 Å². The van der Waals surface area contributed by atoms with Gasteiger partial charge in [-0.25, -0.2) is 9.18 Å². The van der Waals surface area contributed by atoms with E-state index in [4.69, 9.17) is 5.11 Å². The Kier molecular flexibility index (Phi) is 4.16. The molecule has 1 aromatic carbocycles. The Labute approximate surface area is 117 Å². The van der Waals surface area contributed by atoms with Crippen LogP contribution in [0, 0.1) is 5.82 Å². The third kappa shape index (κ3) is 2.76. The maximum absolute atomic E-state index is 13.4. The zero-order chi connectivity index (χ0) is 14.0. The Morgan fingerprint density at radius 3 is 2.89 bits per heavy atom. The van der Waals surface area contributed by atoms with E-state index in [2.05, 4.69) is 21.2 Å². The fourth-order valence-corrected chi connectivity index (χ4v) is 2.43. The molecule has 2 rings (SSSR count). The molecule has 5 nitrogen and oxygen atoms in total. The molecule has 2 N–H and O–H groups in total. The van der Waals surface area contributed by atoms with Gasteiger partial charge in [0.05, 0.1) is 10.0 Å². The number of aliphatic carboxylic acids is 1. The van der Waals surface area contributed by atoms with Crippen LogP contribution in [-0.2, 0) is 4.79 Å². The fourth-order valence-electron chi connectivity index (χ4n) is 1.99. The fraction of sp³-hybridized carbons (Fsp3) is 0.333. The molecule has 7 heteroatoms. The molecule has 1 saturated heterocycles. The summed E-state index contributed by atoms with van der Waals surface area (Å²) < 4.78 is 13.5. The number of nitrogens with one attached hydrogen (secondary N) is 1. The van der Waals surface area contributed by atoms with Crippen molar-refractivity contribution < 1.29 is 19.1 Å². The number of benzene rings is 1. The van der Waals surface area contributed by atoms with E-state index in [9.17, 15) is 14.0 Å². The largest absolute Gasteiger partial charge is 0.480 e. The van der Waals surface area contributed by atoms with Crippen LogP contribution >= 0.6 is 15.9 Å². The van der Waals surface area contributed by atoms with Gasteiger partial charge in [0.25, 0.3) is 5.91 Å². The molecule has 0 radical (unpaired) electrons. The van der Waals surface area contributed by atoms with Crippen molar-refractivity contribution in [2.75, 3.05) is 19.6 Å². The van der Waals surface area contributed by atoms with Crippen molar-refractivity contribution in [3.05, 3.63) is 34.1 Å². The topological polar surface area (TPSA) is 69.6 Å². The Balaban J connectivity index is 2.31. The summed E-state index contributed by atoms with van der Waals surface area (Å²) in [6.07, 6.45) is 0. The molecule has 0 aliphatic carbocycles. The molecular weight excluding hydrogens is 319 g/mol. The highest BCUT2D eigenvalue weighted by Crippen LogP contribution is 2.23. The van der Waals surface area contributed by atoms with Gasteiger partial charge in [0.2, 0.25) is 0 Å². The number of carboxylic acid groups (broad SMARTS) is 1. The van der Waals surface area contributed by atoms with Gasteiger partial charge in [-0.2, -0.15) is 0 Å². The highest BCUT2D eigenvalue weighted by atomic mass is 79.9. The zero-order valence-electron chi connectivity index (χ0n) is 9.90. The number of amides is 1. The molecule has 102 valence electrons. The second kappa shape index (κ2) is 5.66. The molecule has 1 fully saturated rings. The average molecular weight is 331 g/mol. The summed E-state index contributed by atoms with van der Waals surface area (Å²) in [5.41, 5.74) is 0.133. The second-order valence-corrected chi connectivity index (χ2v) is 4.95. The summed E-state index contributed by atoms with van der Waals surface area (Å²) in [4.78, 5) is 24.7. The molecule has 0 bridgehead atoms. The smallest absolute Gasteiger partial charge is 0.327 e. The van der Waals surface area contributed by atoms with Gasteiger partial charge < -0.3 is 15.3 Å². The lowest BCUT2D eigenvalue weighted by molar-refractivity contribution is -0.142. The Bertz CT molecular complexity index is 524. The molecule has 0 saturated carbocycles. The minimum absolute atomic E-state index is 0.0580. The molecule has 1 atom stereocenters. The quantitative estimate of drug-likeness (QED) is 0.851. The van der Waals surface area contributed by atoms with Gasteiger partial charge in [0.1, 0.15) is 11.9 Å². The monoisotopic (exact) mass is 330 g/mol. The van der Waals surface area contributed by atoms with E-state index in [1.54, 1.807) is 0 Å². The highest BCUT2D eigenvalue weighted by Gasteiger charge is 2.33. The zero-order valence-corrected chi connectivity index (χ0v) is 11.5. The maximum Gasteiger partial charge on any atom is 0.327 e. The lowest BCUT2D eigenvalue weighted by atomic mass is 10.1. The molecule has 1 unspecified atom stereocenters. The number of carbonyl (C=O) groups excluding carboxylic acids is 1. The predicted octanol–water partition coefficient (Wildman–Crippen LogP) is 1.09. The number of hydrogen-bond acceptors (Lipinski definition) is 3. The normalized spacial score (nSPS) is 19.3.